The third-order valence-corrected chi connectivity index (χ3v) is 4.44. The Kier molecular flexibility index (Phi) is 5.67. The van der Waals surface area contributed by atoms with Gasteiger partial charge < -0.3 is 14.4 Å². The summed E-state index contributed by atoms with van der Waals surface area (Å²) in [6.45, 7) is 0.929. The third kappa shape index (κ3) is 3.54. The van der Waals surface area contributed by atoms with E-state index in [2.05, 4.69) is 0 Å². The molecule has 0 bridgehead atoms. The smallest absolute Gasteiger partial charge is 0.333 e. The highest BCUT2D eigenvalue weighted by Gasteiger charge is 2.34. The van der Waals surface area contributed by atoms with Crippen LogP contribution in [0.5, 0.6) is 0 Å². The maximum Gasteiger partial charge on any atom is 0.333 e. The van der Waals surface area contributed by atoms with Crippen molar-refractivity contribution in [3.05, 3.63) is 33.8 Å². The lowest BCUT2D eigenvalue weighted by Gasteiger charge is -2.28. The average Bonchev–Trinajstić information content (AvgIpc) is 3.04. The minimum Gasteiger partial charge on any atom is -0.467 e. The molecule has 0 radical (unpaired) electrons. The normalized spacial score (nSPS) is 18.8. The SMILES string of the molecule is COC(=O)[C@H](c1ccc(Cl)c(Cl)c1)N(C)C(=O)[C@H]1CCOC1. The molecule has 1 heterocycles. The number of rotatable bonds is 4. The molecule has 0 unspecified atom stereocenters. The van der Waals surface area contributed by atoms with Gasteiger partial charge in [0.15, 0.2) is 6.04 Å². The molecule has 2 rings (SSSR count). The summed E-state index contributed by atoms with van der Waals surface area (Å²) in [5.74, 6) is -0.924. The molecule has 2 atom stereocenters. The van der Waals surface area contributed by atoms with Crippen molar-refractivity contribution in [2.75, 3.05) is 27.4 Å². The first-order valence-electron chi connectivity index (χ1n) is 6.83. The molecule has 1 fully saturated rings. The fourth-order valence-corrected chi connectivity index (χ4v) is 2.76. The zero-order valence-corrected chi connectivity index (χ0v) is 13.9. The summed E-state index contributed by atoms with van der Waals surface area (Å²) in [5.41, 5.74) is 0.552. The number of esters is 1. The first-order chi connectivity index (χ1) is 10.5. The van der Waals surface area contributed by atoms with Crippen LogP contribution in [0.3, 0.4) is 0 Å². The number of benzene rings is 1. The third-order valence-electron chi connectivity index (χ3n) is 3.70. The van der Waals surface area contributed by atoms with Gasteiger partial charge in [0.1, 0.15) is 0 Å². The van der Waals surface area contributed by atoms with Crippen molar-refractivity contribution >= 4 is 35.1 Å². The van der Waals surface area contributed by atoms with E-state index in [-0.39, 0.29) is 11.8 Å². The zero-order chi connectivity index (χ0) is 16.3. The molecule has 1 aromatic rings. The van der Waals surface area contributed by atoms with Crippen LogP contribution in [-0.4, -0.2) is 44.1 Å². The molecule has 1 amide bonds. The minimum atomic E-state index is -0.868. The number of nitrogens with zero attached hydrogens (tertiary/aromatic N) is 1. The maximum absolute atomic E-state index is 12.5. The summed E-state index contributed by atoms with van der Waals surface area (Å²) < 4.78 is 10.1. The highest BCUT2D eigenvalue weighted by molar-refractivity contribution is 6.42. The van der Waals surface area contributed by atoms with Gasteiger partial charge in [0.2, 0.25) is 5.91 Å². The molecule has 0 aromatic heterocycles. The molecule has 1 aliphatic heterocycles. The molecule has 0 N–H and O–H groups in total. The van der Waals surface area contributed by atoms with Gasteiger partial charge in [-0.1, -0.05) is 29.3 Å². The molecule has 1 aromatic carbocycles. The lowest BCUT2D eigenvalue weighted by atomic mass is 10.0. The summed E-state index contributed by atoms with van der Waals surface area (Å²) >= 11 is 11.9. The van der Waals surface area contributed by atoms with E-state index in [4.69, 9.17) is 32.7 Å². The van der Waals surface area contributed by atoms with E-state index < -0.39 is 12.0 Å². The number of amides is 1. The summed E-state index contributed by atoms with van der Waals surface area (Å²) in [5, 5.41) is 0.699. The molecule has 22 heavy (non-hydrogen) atoms. The van der Waals surface area contributed by atoms with Crippen molar-refractivity contribution in [1.82, 2.24) is 4.90 Å². The van der Waals surface area contributed by atoms with Crippen LogP contribution in [-0.2, 0) is 19.1 Å². The average molecular weight is 346 g/mol. The Morgan fingerprint density at radius 3 is 2.64 bits per heavy atom. The topological polar surface area (TPSA) is 55.8 Å². The summed E-state index contributed by atoms with van der Waals surface area (Å²) in [7, 11) is 2.86. The van der Waals surface area contributed by atoms with Gasteiger partial charge in [-0.25, -0.2) is 4.79 Å². The number of carbonyl (C=O) groups is 2. The van der Waals surface area contributed by atoms with E-state index in [1.165, 1.54) is 12.0 Å². The molecular weight excluding hydrogens is 329 g/mol. The zero-order valence-electron chi connectivity index (χ0n) is 12.3. The van der Waals surface area contributed by atoms with Crippen molar-refractivity contribution in [2.24, 2.45) is 5.92 Å². The number of hydrogen-bond acceptors (Lipinski definition) is 4. The fraction of sp³-hybridized carbons (Fsp3) is 0.467. The molecule has 0 spiro atoms. The van der Waals surface area contributed by atoms with E-state index in [0.29, 0.717) is 35.2 Å². The minimum absolute atomic E-state index is 0.154. The molecule has 5 nitrogen and oxygen atoms in total. The Bertz CT molecular complexity index is 573. The maximum atomic E-state index is 12.5. The Balaban J connectivity index is 2.30. The molecular formula is C15H17Cl2NO4. The molecule has 1 aliphatic rings. The number of carbonyl (C=O) groups excluding carboxylic acids is 2. The second-order valence-electron chi connectivity index (χ2n) is 5.11. The van der Waals surface area contributed by atoms with Crippen LogP contribution in [0, 0.1) is 5.92 Å². The number of likely N-dealkylation sites (N-methyl/N-ethyl adjacent to an activating group) is 1. The van der Waals surface area contributed by atoms with Crippen LogP contribution in [0.25, 0.3) is 0 Å². The van der Waals surface area contributed by atoms with Crippen LogP contribution in [0.4, 0.5) is 0 Å². The van der Waals surface area contributed by atoms with Gasteiger partial charge in [-0.15, -0.1) is 0 Å². The molecule has 0 saturated carbocycles. The summed E-state index contributed by atoms with van der Waals surface area (Å²) in [6.07, 6.45) is 0.651. The van der Waals surface area contributed by atoms with Gasteiger partial charge in [-0.3, -0.25) is 4.79 Å². The van der Waals surface area contributed by atoms with Gasteiger partial charge in [0, 0.05) is 13.7 Å². The standard InChI is InChI=1S/C15H17Cl2NO4/c1-18(14(19)10-5-6-22-8-10)13(15(20)21-2)9-3-4-11(16)12(17)7-9/h3-4,7,10,13H,5-6,8H2,1-2H3/t10-,13-/m0/s1. The molecule has 7 heteroatoms. The van der Waals surface area contributed by atoms with Gasteiger partial charge in [0.05, 0.1) is 29.7 Å². The van der Waals surface area contributed by atoms with Gasteiger partial charge >= 0.3 is 5.97 Å². The highest BCUT2D eigenvalue weighted by atomic mass is 35.5. The second-order valence-corrected chi connectivity index (χ2v) is 5.92. The van der Waals surface area contributed by atoms with Crippen LogP contribution in [0.1, 0.15) is 18.0 Å². The predicted molar refractivity (Wildman–Crippen MR) is 82.9 cm³/mol. The molecule has 0 aliphatic carbocycles. The highest BCUT2D eigenvalue weighted by Crippen LogP contribution is 2.30. The van der Waals surface area contributed by atoms with Crippen LogP contribution in [0.2, 0.25) is 10.0 Å². The Labute approximate surface area is 139 Å². The Hall–Kier alpha value is -1.30. The quantitative estimate of drug-likeness (QED) is 0.787. The van der Waals surface area contributed by atoms with E-state index in [1.54, 1.807) is 25.2 Å². The Morgan fingerprint density at radius 2 is 2.09 bits per heavy atom. The van der Waals surface area contributed by atoms with Crippen LogP contribution < -0.4 is 0 Å². The lowest BCUT2D eigenvalue weighted by Crippen LogP contribution is -2.40. The number of ether oxygens (including phenoxy) is 2. The van der Waals surface area contributed by atoms with Crippen LogP contribution >= 0.6 is 23.2 Å². The number of hydrogen-bond donors (Lipinski definition) is 0. The number of methoxy groups -OCH3 is 1. The summed E-state index contributed by atoms with van der Waals surface area (Å²) in [4.78, 5) is 26.0. The van der Waals surface area contributed by atoms with Crippen molar-refractivity contribution < 1.29 is 19.1 Å². The Morgan fingerprint density at radius 1 is 1.36 bits per heavy atom. The van der Waals surface area contributed by atoms with Crippen LogP contribution in [0.15, 0.2) is 18.2 Å². The van der Waals surface area contributed by atoms with Gasteiger partial charge in [0.25, 0.3) is 0 Å². The first kappa shape index (κ1) is 17.1. The summed E-state index contributed by atoms with van der Waals surface area (Å²) in [6, 6.07) is 3.95. The molecule has 1 saturated heterocycles. The first-order valence-corrected chi connectivity index (χ1v) is 7.58. The monoisotopic (exact) mass is 345 g/mol. The van der Waals surface area contributed by atoms with Gasteiger partial charge in [-0.05, 0) is 24.1 Å². The van der Waals surface area contributed by atoms with Crippen molar-refractivity contribution in [1.29, 1.82) is 0 Å². The predicted octanol–water partition coefficient (Wildman–Crippen LogP) is 2.70. The lowest BCUT2D eigenvalue weighted by molar-refractivity contribution is -0.153. The van der Waals surface area contributed by atoms with E-state index in [1.807, 2.05) is 0 Å². The number of halogens is 2. The second kappa shape index (κ2) is 7.31. The van der Waals surface area contributed by atoms with Crippen molar-refractivity contribution in [3.63, 3.8) is 0 Å². The van der Waals surface area contributed by atoms with Gasteiger partial charge in [-0.2, -0.15) is 0 Å². The van der Waals surface area contributed by atoms with E-state index in [0.717, 1.165) is 0 Å². The molecule has 120 valence electrons. The van der Waals surface area contributed by atoms with E-state index in [9.17, 15) is 9.59 Å². The van der Waals surface area contributed by atoms with Crippen molar-refractivity contribution in [3.8, 4) is 0 Å². The largest absolute Gasteiger partial charge is 0.467 e. The van der Waals surface area contributed by atoms with Crippen molar-refractivity contribution in [2.45, 2.75) is 12.5 Å². The fourth-order valence-electron chi connectivity index (χ4n) is 2.46. The van der Waals surface area contributed by atoms with E-state index >= 15 is 0 Å².